The van der Waals surface area contributed by atoms with E-state index in [-0.39, 0.29) is 6.42 Å². The molecular weight excluding hydrogens is 204 g/mol. The van der Waals surface area contributed by atoms with Crippen molar-refractivity contribution in [2.75, 3.05) is 0 Å². The maximum atomic E-state index is 10.7. The molecule has 84 valence electrons. The predicted molar refractivity (Wildman–Crippen MR) is 49.3 cm³/mol. The predicted octanol–water partition coefficient (Wildman–Crippen LogP) is 0.439. The lowest BCUT2D eigenvalue weighted by molar-refractivity contribution is -0.157. The number of hydrogen-bond acceptors (Lipinski definition) is 3. The average Bonchev–Trinajstić information content (AvgIpc) is 2.09. The van der Waals surface area contributed by atoms with Crippen molar-refractivity contribution >= 4 is 17.9 Å². The van der Waals surface area contributed by atoms with Crippen LogP contribution in [-0.4, -0.2) is 33.2 Å². The highest BCUT2D eigenvalue weighted by Gasteiger charge is 2.34. The van der Waals surface area contributed by atoms with Crippen molar-refractivity contribution in [3.05, 3.63) is 12.7 Å². The maximum Gasteiger partial charge on any atom is 0.307 e. The fourth-order valence-corrected chi connectivity index (χ4v) is 1.21. The van der Waals surface area contributed by atoms with Crippen molar-refractivity contribution in [3.8, 4) is 0 Å². The highest BCUT2D eigenvalue weighted by Crippen LogP contribution is 2.21. The van der Waals surface area contributed by atoms with Gasteiger partial charge < -0.3 is 15.3 Å². The molecule has 0 aromatic heterocycles. The number of carboxylic acid groups (broad SMARTS) is 3. The highest BCUT2D eigenvalue weighted by atomic mass is 16.4. The summed E-state index contributed by atoms with van der Waals surface area (Å²) in [4.78, 5) is 31.8. The lowest BCUT2D eigenvalue weighted by Gasteiger charge is -2.16. The molecule has 2 atom stereocenters. The summed E-state index contributed by atoms with van der Waals surface area (Å²) < 4.78 is 0. The fraction of sp³-hybridized carbons (Fsp3) is 0.444. The van der Waals surface area contributed by atoms with Gasteiger partial charge in [0, 0.05) is 0 Å². The number of hydrogen-bond donors (Lipinski definition) is 3. The van der Waals surface area contributed by atoms with E-state index >= 15 is 0 Å². The molecule has 6 heteroatoms. The Morgan fingerprint density at radius 3 is 1.80 bits per heavy atom. The zero-order valence-electron chi connectivity index (χ0n) is 7.92. The van der Waals surface area contributed by atoms with Crippen molar-refractivity contribution in [2.45, 2.75) is 12.8 Å². The van der Waals surface area contributed by atoms with E-state index in [1.165, 1.54) is 6.08 Å². The van der Waals surface area contributed by atoms with Gasteiger partial charge in [0.1, 0.15) is 0 Å². The van der Waals surface area contributed by atoms with Gasteiger partial charge >= 0.3 is 17.9 Å². The Hall–Kier alpha value is -1.85. The van der Waals surface area contributed by atoms with Crippen LogP contribution in [0, 0.1) is 11.8 Å². The van der Waals surface area contributed by atoms with Gasteiger partial charge in [-0.15, -0.1) is 6.58 Å². The van der Waals surface area contributed by atoms with E-state index in [2.05, 4.69) is 6.58 Å². The van der Waals surface area contributed by atoms with E-state index in [1.807, 2.05) is 0 Å². The molecule has 2 unspecified atom stereocenters. The minimum Gasteiger partial charge on any atom is -0.481 e. The van der Waals surface area contributed by atoms with Crippen LogP contribution in [0.5, 0.6) is 0 Å². The first kappa shape index (κ1) is 13.2. The standard InChI is InChI=1S/C9H12O6/c1-2-3-5(8(12)13)6(9(14)15)4-7(10)11/h2,5-6H,1,3-4H2,(H,10,11)(H,12,13)(H,14,15). The molecule has 0 aromatic rings. The third-order valence-electron chi connectivity index (χ3n) is 1.94. The third-order valence-corrected chi connectivity index (χ3v) is 1.94. The molecule has 0 rings (SSSR count). The summed E-state index contributed by atoms with van der Waals surface area (Å²) >= 11 is 0. The second kappa shape index (κ2) is 5.79. The first-order chi connectivity index (χ1) is 6.90. The van der Waals surface area contributed by atoms with Crippen LogP contribution in [0.15, 0.2) is 12.7 Å². The number of carboxylic acids is 3. The summed E-state index contributed by atoms with van der Waals surface area (Å²) in [6.45, 7) is 3.30. The number of rotatable bonds is 7. The quantitative estimate of drug-likeness (QED) is 0.532. The van der Waals surface area contributed by atoms with Gasteiger partial charge in [-0.3, -0.25) is 14.4 Å². The van der Waals surface area contributed by atoms with Crippen LogP contribution in [0.25, 0.3) is 0 Å². The molecule has 0 amide bonds. The SMILES string of the molecule is C=CCC(C(=O)O)C(CC(=O)O)C(=O)O. The molecule has 0 saturated carbocycles. The summed E-state index contributed by atoms with van der Waals surface area (Å²) in [6, 6.07) is 0. The average molecular weight is 216 g/mol. The topological polar surface area (TPSA) is 112 Å². The lowest BCUT2D eigenvalue weighted by atomic mass is 9.87. The van der Waals surface area contributed by atoms with Gasteiger partial charge in [-0.1, -0.05) is 6.08 Å². The van der Waals surface area contributed by atoms with Crippen molar-refractivity contribution in [1.29, 1.82) is 0 Å². The molecule has 0 spiro atoms. The Labute approximate surface area is 85.8 Å². The molecule has 0 aliphatic carbocycles. The molecular formula is C9H12O6. The van der Waals surface area contributed by atoms with E-state index in [4.69, 9.17) is 15.3 Å². The van der Waals surface area contributed by atoms with Gasteiger partial charge in [-0.2, -0.15) is 0 Å². The Kier molecular flexibility index (Phi) is 5.08. The first-order valence-corrected chi connectivity index (χ1v) is 4.18. The Morgan fingerprint density at radius 2 is 1.53 bits per heavy atom. The summed E-state index contributed by atoms with van der Waals surface area (Å²) in [6.07, 6.45) is 0.482. The van der Waals surface area contributed by atoms with Gasteiger partial charge in [0.25, 0.3) is 0 Å². The second-order valence-electron chi connectivity index (χ2n) is 3.01. The molecule has 0 aliphatic heterocycles. The van der Waals surface area contributed by atoms with E-state index < -0.39 is 36.2 Å². The van der Waals surface area contributed by atoms with Gasteiger partial charge in [-0.05, 0) is 6.42 Å². The molecule has 15 heavy (non-hydrogen) atoms. The van der Waals surface area contributed by atoms with Gasteiger partial charge in [-0.25, -0.2) is 0 Å². The summed E-state index contributed by atoms with van der Waals surface area (Å²) in [5.74, 6) is -6.78. The Balaban J connectivity index is 4.82. The number of aliphatic carboxylic acids is 3. The molecule has 0 bridgehead atoms. The zero-order chi connectivity index (χ0) is 12.0. The lowest BCUT2D eigenvalue weighted by Crippen LogP contribution is -2.31. The van der Waals surface area contributed by atoms with Crippen LogP contribution in [0.2, 0.25) is 0 Å². The van der Waals surface area contributed by atoms with Crippen LogP contribution in [0.4, 0.5) is 0 Å². The summed E-state index contributed by atoms with van der Waals surface area (Å²) in [5, 5.41) is 25.9. The smallest absolute Gasteiger partial charge is 0.307 e. The van der Waals surface area contributed by atoms with E-state index in [0.29, 0.717) is 0 Å². The third kappa shape index (κ3) is 4.26. The molecule has 0 fully saturated rings. The van der Waals surface area contributed by atoms with Gasteiger partial charge in [0.15, 0.2) is 0 Å². The number of allylic oxidation sites excluding steroid dienone is 1. The van der Waals surface area contributed by atoms with E-state index in [9.17, 15) is 14.4 Å². The first-order valence-electron chi connectivity index (χ1n) is 4.18. The second-order valence-corrected chi connectivity index (χ2v) is 3.01. The molecule has 0 heterocycles. The van der Waals surface area contributed by atoms with Crippen molar-refractivity contribution in [2.24, 2.45) is 11.8 Å². The number of carbonyl (C=O) groups is 3. The zero-order valence-corrected chi connectivity index (χ0v) is 7.92. The van der Waals surface area contributed by atoms with Gasteiger partial charge in [0.05, 0.1) is 18.3 Å². The summed E-state index contributed by atoms with van der Waals surface area (Å²) in [7, 11) is 0. The highest BCUT2D eigenvalue weighted by molar-refractivity contribution is 5.83. The minimum atomic E-state index is -1.43. The minimum absolute atomic E-state index is 0.0699. The van der Waals surface area contributed by atoms with Crippen LogP contribution in [0.1, 0.15) is 12.8 Å². The van der Waals surface area contributed by atoms with Crippen LogP contribution in [0.3, 0.4) is 0 Å². The monoisotopic (exact) mass is 216 g/mol. The molecule has 6 nitrogen and oxygen atoms in total. The van der Waals surface area contributed by atoms with Crippen LogP contribution >= 0.6 is 0 Å². The Bertz CT molecular complexity index is 282. The Morgan fingerprint density at radius 1 is 1.07 bits per heavy atom. The van der Waals surface area contributed by atoms with Crippen molar-refractivity contribution < 1.29 is 29.7 Å². The van der Waals surface area contributed by atoms with Crippen LogP contribution in [-0.2, 0) is 14.4 Å². The maximum absolute atomic E-state index is 10.7. The van der Waals surface area contributed by atoms with E-state index in [0.717, 1.165) is 0 Å². The summed E-state index contributed by atoms with van der Waals surface area (Å²) in [5.41, 5.74) is 0. The largest absolute Gasteiger partial charge is 0.481 e. The van der Waals surface area contributed by atoms with Crippen molar-refractivity contribution in [1.82, 2.24) is 0 Å². The van der Waals surface area contributed by atoms with Gasteiger partial charge in [0.2, 0.25) is 0 Å². The molecule has 0 radical (unpaired) electrons. The molecule has 0 aromatic carbocycles. The van der Waals surface area contributed by atoms with Crippen molar-refractivity contribution in [3.63, 3.8) is 0 Å². The normalized spacial score (nSPS) is 13.9. The fourth-order valence-electron chi connectivity index (χ4n) is 1.21. The molecule has 0 aliphatic rings. The molecule has 3 N–H and O–H groups in total. The molecule has 0 saturated heterocycles. The van der Waals surface area contributed by atoms with E-state index in [1.54, 1.807) is 0 Å². The van der Waals surface area contributed by atoms with Crippen LogP contribution < -0.4 is 0 Å².